The highest BCUT2D eigenvalue weighted by Gasteiger charge is 2.30. The van der Waals surface area contributed by atoms with Crippen LogP contribution in [0.2, 0.25) is 0 Å². The first-order chi connectivity index (χ1) is 17.7. The van der Waals surface area contributed by atoms with Gasteiger partial charge in [0, 0.05) is 6.54 Å². The van der Waals surface area contributed by atoms with Gasteiger partial charge in [0.25, 0.3) is 0 Å². The van der Waals surface area contributed by atoms with E-state index in [2.05, 4.69) is 40.0 Å². The molecule has 0 saturated carbocycles. The highest BCUT2D eigenvalue weighted by Crippen LogP contribution is 2.24. The van der Waals surface area contributed by atoms with Crippen LogP contribution in [0.5, 0.6) is 18.0 Å². The van der Waals surface area contributed by atoms with Gasteiger partial charge in [0.15, 0.2) is 0 Å². The van der Waals surface area contributed by atoms with Crippen molar-refractivity contribution in [2.75, 3.05) is 39.5 Å². The number of allylic oxidation sites excluding steroid dienone is 1. The summed E-state index contributed by atoms with van der Waals surface area (Å²) in [6.45, 7) is 18.9. The molecule has 37 heavy (non-hydrogen) atoms. The number of hydrogen-bond acceptors (Lipinski definition) is 8. The molecule has 1 saturated heterocycles. The van der Waals surface area contributed by atoms with Gasteiger partial charge in [-0.3, -0.25) is 0 Å². The molecule has 1 fully saturated rings. The smallest absolute Gasteiger partial charge is 0.326 e. The summed E-state index contributed by atoms with van der Waals surface area (Å²) < 4.78 is 22.4. The molecule has 10 heteroatoms. The number of ether oxygens (including phenoxy) is 4. The van der Waals surface area contributed by atoms with E-state index >= 15 is 0 Å². The SMILES string of the molecule is C=CCOc1nc(OCC=C)nc(OCC2CN(C(=O)NC(C)(C)c3cccc(C(=C)C)c3)CCO2)n1. The zero-order valence-corrected chi connectivity index (χ0v) is 21.7. The third-order valence-electron chi connectivity index (χ3n) is 5.56. The van der Waals surface area contributed by atoms with E-state index in [1.807, 2.05) is 45.0 Å². The number of nitrogens with zero attached hydrogens (tertiary/aromatic N) is 4. The van der Waals surface area contributed by atoms with Crippen molar-refractivity contribution < 1.29 is 23.7 Å². The van der Waals surface area contributed by atoms with Crippen LogP contribution in [-0.4, -0.2) is 71.5 Å². The second kappa shape index (κ2) is 12.9. The van der Waals surface area contributed by atoms with E-state index < -0.39 is 5.54 Å². The van der Waals surface area contributed by atoms with Crippen molar-refractivity contribution in [3.05, 3.63) is 67.3 Å². The molecular weight excluding hydrogens is 474 g/mol. The van der Waals surface area contributed by atoms with Crippen LogP contribution < -0.4 is 19.5 Å². The number of rotatable bonds is 12. The monoisotopic (exact) mass is 509 g/mol. The highest BCUT2D eigenvalue weighted by molar-refractivity contribution is 5.75. The van der Waals surface area contributed by atoms with Gasteiger partial charge in [-0.05, 0) is 38.0 Å². The first kappa shape index (κ1) is 27.7. The summed E-state index contributed by atoms with van der Waals surface area (Å²) in [4.78, 5) is 27.2. The van der Waals surface area contributed by atoms with Gasteiger partial charge >= 0.3 is 24.1 Å². The topological polar surface area (TPSA) is 108 Å². The molecule has 2 amide bonds. The second-order valence-corrected chi connectivity index (χ2v) is 9.05. The highest BCUT2D eigenvalue weighted by atomic mass is 16.6. The predicted octanol–water partition coefficient (Wildman–Crippen LogP) is 3.76. The molecule has 1 aliphatic rings. The minimum Gasteiger partial charge on any atom is -0.460 e. The number of amides is 2. The van der Waals surface area contributed by atoms with E-state index in [9.17, 15) is 4.79 Å². The molecule has 10 nitrogen and oxygen atoms in total. The second-order valence-electron chi connectivity index (χ2n) is 9.05. The molecule has 0 radical (unpaired) electrons. The fourth-order valence-corrected chi connectivity index (χ4v) is 3.55. The minimum atomic E-state index is -0.582. The summed E-state index contributed by atoms with van der Waals surface area (Å²) >= 11 is 0. The molecule has 1 aromatic heterocycles. The van der Waals surface area contributed by atoms with E-state index in [-0.39, 0.29) is 50.0 Å². The Labute approximate surface area is 218 Å². The van der Waals surface area contributed by atoms with Crippen LogP contribution in [0.4, 0.5) is 4.79 Å². The predicted molar refractivity (Wildman–Crippen MR) is 141 cm³/mol. The zero-order chi connectivity index (χ0) is 26.8. The maximum absolute atomic E-state index is 13.1. The van der Waals surface area contributed by atoms with Crippen LogP contribution in [0.25, 0.3) is 5.57 Å². The fourth-order valence-electron chi connectivity index (χ4n) is 3.55. The van der Waals surface area contributed by atoms with Crippen molar-refractivity contribution in [1.82, 2.24) is 25.2 Å². The molecule has 1 aromatic carbocycles. The van der Waals surface area contributed by atoms with Gasteiger partial charge < -0.3 is 29.2 Å². The zero-order valence-electron chi connectivity index (χ0n) is 21.7. The normalized spacial score (nSPS) is 15.4. The van der Waals surface area contributed by atoms with Crippen LogP contribution >= 0.6 is 0 Å². The molecule has 0 aliphatic carbocycles. The summed E-state index contributed by atoms with van der Waals surface area (Å²) in [5.41, 5.74) is 2.42. The summed E-state index contributed by atoms with van der Waals surface area (Å²) in [7, 11) is 0. The standard InChI is InChI=1S/C27H35N5O5/c1-7-13-35-23-28-24(36-14-8-2)30-25(29-23)37-18-22-17-32(12-15-34-22)26(33)31-27(5,6)21-11-9-10-20(16-21)19(3)4/h7-11,16,22H,1-3,12-15,17-18H2,4-6H3,(H,31,33). The van der Waals surface area contributed by atoms with Gasteiger partial charge in [0.2, 0.25) is 0 Å². The minimum absolute atomic E-state index is 0.0248. The maximum atomic E-state index is 13.1. The molecular formula is C27H35N5O5. The number of hydrogen-bond donors (Lipinski definition) is 1. The summed E-state index contributed by atoms with van der Waals surface area (Å²) in [6, 6.07) is 7.96. The van der Waals surface area contributed by atoms with Crippen molar-refractivity contribution in [1.29, 1.82) is 0 Å². The Balaban J connectivity index is 1.61. The summed E-state index contributed by atoms with van der Waals surface area (Å²) in [5, 5.41) is 3.14. The molecule has 0 bridgehead atoms. The molecule has 3 rings (SSSR count). The first-order valence-corrected chi connectivity index (χ1v) is 12.0. The third-order valence-corrected chi connectivity index (χ3v) is 5.56. The number of nitrogens with one attached hydrogen (secondary N) is 1. The van der Waals surface area contributed by atoms with Crippen LogP contribution in [0.3, 0.4) is 0 Å². The molecule has 0 spiro atoms. The molecule has 198 valence electrons. The van der Waals surface area contributed by atoms with Gasteiger partial charge in [-0.15, -0.1) is 15.0 Å². The number of aromatic nitrogens is 3. The number of benzene rings is 1. The molecule has 2 aromatic rings. The van der Waals surface area contributed by atoms with Crippen molar-refractivity contribution in [3.8, 4) is 18.0 Å². The van der Waals surface area contributed by atoms with Gasteiger partial charge in [0.05, 0.1) is 18.7 Å². The van der Waals surface area contributed by atoms with Crippen molar-refractivity contribution in [3.63, 3.8) is 0 Å². The fraction of sp³-hybridized carbons (Fsp3) is 0.407. The Kier molecular flexibility index (Phi) is 9.62. The number of carbonyl (C=O) groups is 1. The summed E-state index contributed by atoms with van der Waals surface area (Å²) in [6.07, 6.45) is 2.77. The van der Waals surface area contributed by atoms with Gasteiger partial charge in [-0.2, -0.15) is 0 Å². The van der Waals surface area contributed by atoms with E-state index in [1.165, 1.54) is 0 Å². The molecule has 1 atom stereocenters. The molecule has 1 N–H and O–H groups in total. The number of morpholine rings is 1. The Morgan fingerprint density at radius 3 is 2.35 bits per heavy atom. The molecule has 1 unspecified atom stereocenters. The largest absolute Gasteiger partial charge is 0.460 e. The lowest BCUT2D eigenvalue weighted by Crippen LogP contribution is -2.54. The quantitative estimate of drug-likeness (QED) is 0.431. The average Bonchev–Trinajstić information content (AvgIpc) is 2.89. The van der Waals surface area contributed by atoms with E-state index in [4.69, 9.17) is 18.9 Å². The van der Waals surface area contributed by atoms with Crippen molar-refractivity contribution in [2.45, 2.75) is 32.4 Å². The Hall–Kier alpha value is -3.92. The lowest BCUT2D eigenvalue weighted by atomic mass is 9.92. The van der Waals surface area contributed by atoms with E-state index in [1.54, 1.807) is 17.1 Å². The molecule has 1 aliphatic heterocycles. The van der Waals surface area contributed by atoms with Crippen LogP contribution in [0, 0.1) is 0 Å². The number of urea groups is 1. The van der Waals surface area contributed by atoms with E-state index in [0.717, 1.165) is 16.7 Å². The Bertz CT molecular complexity index is 1090. The lowest BCUT2D eigenvalue weighted by molar-refractivity contribution is -0.0374. The van der Waals surface area contributed by atoms with Gasteiger partial charge in [0.1, 0.15) is 25.9 Å². The Morgan fingerprint density at radius 2 is 1.76 bits per heavy atom. The van der Waals surface area contributed by atoms with Gasteiger partial charge in [-0.1, -0.05) is 55.7 Å². The van der Waals surface area contributed by atoms with Crippen molar-refractivity contribution >= 4 is 11.6 Å². The summed E-state index contributed by atoms with van der Waals surface area (Å²) in [5.74, 6) is 0. The van der Waals surface area contributed by atoms with E-state index in [0.29, 0.717) is 19.7 Å². The van der Waals surface area contributed by atoms with Crippen LogP contribution in [-0.2, 0) is 10.3 Å². The third kappa shape index (κ3) is 8.04. The van der Waals surface area contributed by atoms with Crippen LogP contribution in [0.1, 0.15) is 31.9 Å². The lowest BCUT2D eigenvalue weighted by Gasteiger charge is -2.36. The Morgan fingerprint density at radius 1 is 1.14 bits per heavy atom. The van der Waals surface area contributed by atoms with Gasteiger partial charge in [-0.25, -0.2) is 4.79 Å². The first-order valence-electron chi connectivity index (χ1n) is 12.0. The number of carbonyl (C=O) groups excluding carboxylic acids is 1. The maximum Gasteiger partial charge on any atom is 0.326 e. The van der Waals surface area contributed by atoms with Crippen molar-refractivity contribution in [2.24, 2.45) is 0 Å². The molecule has 2 heterocycles. The van der Waals surface area contributed by atoms with Crippen LogP contribution in [0.15, 0.2) is 56.2 Å². The average molecular weight is 510 g/mol.